The summed E-state index contributed by atoms with van der Waals surface area (Å²) in [6.07, 6.45) is 9.93. The molecule has 0 unspecified atom stereocenters. The van der Waals surface area contributed by atoms with Crippen molar-refractivity contribution in [2.45, 2.75) is 25.4 Å². The molecular formula is C18H20N4O. The highest BCUT2D eigenvalue weighted by molar-refractivity contribution is 5.36. The standard InChI is InChI=1S/C18H20N4O/c1-2-6-17(7-3-1)23-14-15-5-4-9-21(15)13-16-11-20-18-12-19-8-10-22(16)18/h1-3,6-8,10-12,15H,4-5,9,13-14H2/t15-/m0/s1. The fraction of sp³-hybridized carbons (Fsp3) is 0.333. The molecular weight excluding hydrogens is 288 g/mol. The number of ether oxygens (including phenoxy) is 1. The van der Waals surface area contributed by atoms with Crippen LogP contribution in [0.5, 0.6) is 5.75 Å². The largest absolute Gasteiger partial charge is 0.492 e. The van der Waals surface area contributed by atoms with Crippen LogP contribution in [0.3, 0.4) is 0 Å². The van der Waals surface area contributed by atoms with Crippen LogP contribution in [0.25, 0.3) is 5.65 Å². The van der Waals surface area contributed by atoms with Gasteiger partial charge in [0.05, 0.1) is 18.1 Å². The number of nitrogens with zero attached hydrogens (tertiary/aromatic N) is 4. The molecule has 118 valence electrons. The van der Waals surface area contributed by atoms with Crippen molar-refractivity contribution in [2.75, 3.05) is 13.2 Å². The van der Waals surface area contributed by atoms with Crippen molar-refractivity contribution >= 4 is 5.65 Å². The van der Waals surface area contributed by atoms with Crippen LogP contribution in [-0.4, -0.2) is 38.5 Å². The number of likely N-dealkylation sites (tertiary alicyclic amines) is 1. The lowest BCUT2D eigenvalue weighted by atomic mass is 10.2. The molecule has 0 spiro atoms. The molecule has 0 aliphatic carbocycles. The van der Waals surface area contributed by atoms with Crippen LogP contribution in [0, 0.1) is 0 Å². The lowest BCUT2D eigenvalue weighted by Gasteiger charge is -2.24. The Morgan fingerprint density at radius 2 is 2.09 bits per heavy atom. The Kier molecular flexibility index (Phi) is 3.94. The second-order valence-electron chi connectivity index (χ2n) is 5.94. The predicted octanol–water partition coefficient (Wildman–Crippen LogP) is 2.77. The SMILES string of the molecule is c1ccc(OC[C@@H]2CCCN2Cc2cnc3cnccn23)cc1. The quantitative estimate of drug-likeness (QED) is 0.727. The van der Waals surface area contributed by atoms with Crippen LogP contribution in [0.2, 0.25) is 0 Å². The van der Waals surface area contributed by atoms with Gasteiger partial charge in [-0.15, -0.1) is 0 Å². The smallest absolute Gasteiger partial charge is 0.155 e. The summed E-state index contributed by atoms with van der Waals surface area (Å²) in [5.74, 6) is 0.945. The van der Waals surface area contributed by atoms with Crippen LogP contribution in [0.1, 0.15) is 18.5 Å². The normalized spacial score (nSPS) is 18.5. The highest BCUT2D eigenvalue weighted by Gasteiger charge is 2.26. The van der Waals surface area contributed by atoms with Crippen molar-refractivity contribution in [3.8, 4) is 5.75 Å². The molecule has 0 N–H and O–H groups in total. The summed E-state index contributed by atoms with van der Waals surface area (Å²) < 4.78 is 8.06. The Hall–Kier alpha value is -2.40. The Morgan fingerprint density at radius 3 is 3.00 bits per heavy atom. The molecule has 0 saturated carbocycles. The minimum Gasteiger partial charge on any atom is -0.492 e. The predicted molar refractivity (Wildman–Crippen MR) is 88.4 cm³/mol. The maximum Gasteiger partial charge on any atom is 0.155 e. The van der Waals surface area contributed by atoms with E-state index in [4.69, 9.17) is 4.74 Å². The van der Waals surface area contributed by atoms with E-state index in [9.17, 15) is 0 Å². The molecule has 3 aromatic rings. The summed E-state index contributed by atoms with van der Waals surface area (Å²) in [4.78, 5) is 11.0. The van der Waals surface area contributed by atoms with Crippen molar-refractivity contribution < 1.29 is 4.74 Å². The van der Waals surface area contributed by atoms with E-state index in [2.05, 4.69) is 19.3 Å². The summed E-state index contributed by atoms with van der Waals surface area (Å²) in [6.45, 7) is 2.75. The van der Waals surface area contributed by atoms with Crippen LogP contribution in [0.4, 0.5) is 0 Å². The third kappa shape index (κ3) is 3.05. The van der Waals surface area contributed by atoms with Gasteiger partial charge in [-0.25, -0.2) is 4.98 Å². The fourth-order valence-corrected chi connectivity index (χ4v) is 3.22. The van der Waals surface area contributed by atoms with Gasteiger partial charge in [0.1, 0.15) is 12.4 Å². The third-order valence-electron chi connectivity index (χ3n) is 4.44. The highest BCUT2D eigenvalue weighted by Crippen LogP contribution is 2.21. The number of hydrogen-bond acceptors (Lipinski definition) is 4. The lowest BCUT2D eigenvalue weighted by molar-refractivity contribution is 0.165. The zero-order valence-electron chi connectivity index (χ0n) is 13.0. The van der Waals surface area contributed by atoms with Gasteiger partial charge in [-0.2, -0.15) is 0 Å². The Bertz CT molecular complexity index is 771. The van der Waals surface area contributed by atoms with Crippen molar-refractivity contribution in [3.05, 3.63) is 60.8 Å². The van der Waals surface area contributed by atoms with Crippen LogP contribution in [0.15, 0.2) is 55.1 Å². The van der Waals surface area contributed by atoms with Gasteiger partial charge in [0, 0.05) is 25.0 Å². The highest BCUT2D eigenvalue weighted by atomic mass is 16.5. The van der Waals surface area contributed by atoms with Crippen LogP contribution in [-0.2, 0) is 6.54 Å². The van der Waals surface area contributed by atoms with Crippen molar-refractivity contribution in [3.63, 3.8) is 0 Å². The number of aromatic nitrogens is 3. The molecule has 0 radical (unpaired) electrons. The van der Waals surface area contributed by atoms with Crippen molar-refractivity contribution in [2.24, 2.45) is 0 Å². The fourth-order valence-electron chi connectivity index (χ4n) is 3.22. The van der Waals surface area contributed by atoms with Crippen LogP contribution >= 0.6 is 0 Å². The molecule has 1 atom stereocenters. The Labute approximate surface area is 135 Å². The van der Waals surface area contributed by atoms with E-state index in [0.29, 0.717) is 6.04 Å². The van der Waals surface area contributed by atoms with Crippen molar-refractivity contribution in [1.82, 2.24) is 19.3 Å². The molecule has 0 amide bonds. The molecule has 3 heterocycles. The minimum absolute atomic E-state index is 0.461. The minimum atomic E-state index is 0.461. The monoisotopic (exact) mass is 308 g/mol. The number of benzene rings is 1. The topological polar surface area (TPSA) is 42.7 Å². The first kappa shape index (κ1) is 14.2. The van der Waals surface area contributed by atoms with E-state index in [1.807, 2.05) is 42.7 Å². The van der Waals surface area contributed by atoms with E-state index in [1.165, 1.54) is 18.5 Å². The first-order chi connectivity index (χ1) is 11.4. The van der Waals surface area contributed by atoms with Gasteiger partial charge >= 0.3 is 0 Å². The van der Waals surface area contributed by atoms with Crippen molar-refractivity contribution in [1.29, 1.82) is 0 Å². The van der Waals surface area contributed by atoms with Gasteiger partial charge in [0.25, 0.3) is 0 Å². The Balaban J connectivity index is 1.43. The summed E-state index contributed by atoms with van der Waals surface area (Å²) in [6, 6.07) is 10.5. The van der Waals surface area contributed by atoms with E-state index < -0.39 is 0 Å². The molecule has 5 nitrogen and oxygen atoms in total. The van der Waals surface area contributed by atoms with Gasteiger partial charge in [-0.1, -0.05) is 18.2 Å². The zero-order valence-corrected chi connectivity index (χ0v) is 13.0. The summed E-state index contributed by atoms with van der Waals surface area (Å²) in [5.41, 5.74) is 2.10. The second kappa shape index (κ2) is 6.38. The molecule has 1 fully saturated rings. The maximum atomic E-state index is 5.95. The van der Waals surface area contributed by atoms with E-state index >= 15 is 0 Å². The van der Waals surface area contributed by atoms with Gasteiger partial charge in [-0.05, 0) is 31.5 Å². The second-order valence-corrected chi connectivity index (χ2v) is 5.94. The molecule has 1 aliphatic rings. The summed E-state index contributed by atoms with van der Waals surface area (Å²) in [7, 11) is 0. The average molecular weight is 308 g/mol. The van der Waals surface area contributed by atoms with Gasteiger partial charge < -0.3 is 4.74 Å². The number of para-hydroxylation sites is 1. The summed E-state index contributed by atoms with van der Waals surface area (Å²) in [5, 5.41) is 0. The molecule has 2 aromatic heterocycles. The average Bonchev–Trinajstić information content (AvgIpc) is 3.22. The number of imidazole rings is 1. The van der Waals surface area contributed by atoms with Gasteiger partial charge in [-0.3, -0.25) is 14.3 Å². The number of hydrogen-bond donors (Lipinski definition) is 0. The first-order valence-corrected chi connectivity index (χ1v) is 8.08. The van der Waals surface area contributed by atoms with Crippen LogP contribution < -0.4 is 4.74 Å². The first-order valence-electron chi connectivity index (χ1n) is 8.08. The third-order valence-corrected chi connectivity index (χ3v) is 4.44. The molecule has 23 heavy (non-hydrogen) atoms. The molecule has 5 heteroatoms. The molecule has 1 saturated heterocycles. The number of fused-ring (bicyclic) bond motifs is 1. The molecule has 0 bridgehead atoms. The van der Waals surface area contributed by atoms with E-state index in [-0.39, 0.29) is 0 Å². The number of rotatable bonds is 5. The molecule has 1 aliphatic heterocycles. The maximum absolute atomic E-state index is 5.95. The Morgan fingerprint density at radius 1 is 1.17 bits per heavy atom. The van der Waals surface area contributed by atoms with E-state index in [1.54, 1.807) is 12.4 Å². The lowest BCUT2D eigenvalue weighted by Crippen LogP contribution is -2.34. The van der Waals surface area contributed by atoms with Gasteiger partial charge in [0.15, 0.2) is 5.65 Å². The molecule has 4 rings (SSSR count). The molecule has 1 aromatic carbocycles. The summed E-state index contributed by atoms with van der Waals surface area (Å²) >= 11 is 0. The van der Waals surface area contributed by atoms with E-state index in [0.717, 1.165) is 31.1 Å². The van der Waals surface area contributed by atoms with Gasteiger partial charge in [0.2, 0.25) is 0 Å². The zero-order chi connectivity index (χ0) is 15.5.